The first-order valence-electron chi connectivity index (χ1n) is 6.32. The number of nitrogens with zero attached hydrogens (tertiary/aromatic N) is 4. The van der Waals surface area contributed by atoms with Crippen molar-refractivity contribution in [3.63, 3.8) is 0 Å². The Bertz CT molecular complexity index is 737. The number of hydrogen-bond acceptors (Lipinski definition) is 4. The first-order chi connectivity index (χ1) is 9.74. The summed E-state index contributed by atoms with van der Waals surface area (Å²) in [5.41, 5.74) is 4.41. The fourth-order valence-electron chi connectivity index (χ4n) is 2.05. The minimum absolute atomic E-state index is 0.742. The summed E-state index contributed by atoms with van der Waals surface area (Å²) in [4.78, 5) is 12.6. The average molecular weight is 332 g/mol. The first-order valence-corrected chi connectivity index (χ1v) is 7.11. The van der Waals surface area contributed by atoms with Crippen LogP contribution in [0.4, 0.5) is 0 Å². The van der Waals surface area contributed by atoms with E-state index in [1.54, 1.807) is 6.20 Å². The van der Waals surface area contributed by atoms with Gasteiger partial charge < -0.3 is 5.32 Å². The fourth-order valence-corrected chi connectivity index (χ4v) is 2.36. The van der Waals surface area contributed by atoms with Gasteiger partial charge in [-0.2, -0.15) is 0 Å². The molecule has 0 aliphatic carbocycles. The van der Waals surface area contributed by atoms with Crippen molar-refractivity contribution in [2.45, 2.75) is 20.0 Å². The van der Waals surface area contributed by atoms with Gasteiger partial charge in [-0.15, -0.1) is 0 Å². The number of hydrogen-bond donors (Lipinski definition) is 1. The second-order valence-electron chi connectivity index (χ2n) is 4.59. The van der Waals surface area contributed by atoms with Gasteiger partial charge in [0.25, 0.3) is 0 Å². The summed E-state index contributed by atoms with van der Waals surface area (Å²) in [6.45, 7) is 3.63. The van der Waals surface area contributed by atoms with Crippen molar-refractivity contribution in [1.29, 1.82) is 0 Å². The number of rotatable bonds is 4. The van der Waals surface area contributed by atoms with E-state index in [-0.39, 0.29) is 0 Å². The molecule has 0 amide bonds. The molecule has 0 spiro atoms. The molecule has 0 fully saturated rings. The highest BCUT2D eigenvalue weighted by molar-refractivity contribution is 9.10. The van der Waals surface area contributed by atoms with E-state index in [2.05, 4.69) is 43.1 Å². The van der Waals surface area contributed by atoms with Crippen LogP contribution in [-0.4, -0.2) is 19.4 Å². The lowest BCUT2D eigenvalue weighted by Crippen LogP contribution is -2.15. The Labute approximate surface area is 125 Å². The minimum atomic E-state index is 0.742. The molecule has 0 saturated heterocycles. The van der Waals surface area contributed by atoms with E-state index in [0.717, 1.165) is 29.0 Å². The molecular formula is C14H14BrN5. The zero-order valence-corrected chi connectivity index (χ0v) is 12.6. The Kier molecular flexibility index (Phi) is 3.75. The Morgan fingerprint density at radius 2 is 2.10 bits per heavy atom. The van der Waals surface area contributed by atoms with Crippen molar-refractivity contribution in [2.24, 2.45) is 0 Å². The molecule has 0 saturated carbocycles. The molecule has 3 aromatic rings. The van der Waals surface area contributed by atoms with Crippen molar-refractivity contribution in [2.75, 3.05) is 0 Å². The van der Waals surface area contributed by atoms with Crippen LogP contribution in [0.2, 0.25) is 0 Å². The van der Waals surface area contributed by atoms with Gasteiger partial charge in [-0.3, -0.25) is 9.38 Å². The normalized spacial score (nSPS) is 11.1. The molecule has 0 radical (unpaired) electrons. The van der Waals surface area contributed by atoms with Gasteiger partial charge >= 0.3 is 0 Å². The van der Waals surface area contributed by atoms with E-state index < -0.39 is 0 Å². The summed E-state index contributed by atoms with van der Waals surface area (Å²) in [6.07, 6.45) is 9.26. The van der Waals surface area contributed by atoms with Gasteiger partial charge in [0, 0.05) is 31.7 Å². The molecule has 0 aliphatic rings. The largest absolute Gasteiger partial charge is 0.307 e. The van der Waals surface area contributed by atoms with Crippen LogP contribution in [-0.2, 0) is 13.1 Å². The van der Waals surface area contributed by atoms with Gasteiger partial charge in [-0.05, 0) is 40.0 Å². The molecule has 3 heterocycles. The lowest BCUT2D eigenvalue weighted by Gasteiger charge is -2.07. The van der Waals surface area contributed by atoms with Crippen LogP contribution in [0, 0.1) is 6.92 Å². The van der Waals surface area contributed by atoms with Crippen molar-refractivity contribution < 1.29 is 0 Å². The highest BCUT2D eigenvalue weighted by Gasteiger charge is 2.04. The summed E-state index contributed by atoms with van der Waals surface area (Å²) in [5.74, 6) is 0. The first kappa shape index (κ1) is 13.2. The Morgan fingerprint density at radius 1 is 1.20 bits per heavy atom. The Morgan fingerprint density at radius 3 is 2.95 bits per heavy atom. The number of aromatic nitrogens is 4. The van der Waals surface area contributed by atoms with Crippen LogP contribution < -0.4 is 5.32 Å². The highest BCUT2D eigenvalue weighted by Crippen LogP contribution is 2.11. The number of halogens is 1. The topological polar surface area (TPSA) is 55.1 Å². The molecule has 102 valence electrons. The Hall–Kier alpha value is -1.79. The molecule has 3 rings (SSSR count). The molecule has 0 aliphatic heterocycles. The predicted octanol–water partition coefficient (Wildman–Crippen LogP) is 2.49. The van der Waals surface area contributed by atoms with E-state index >= 15 is 0 Å². The summed E-state index contributed by atoms with van der Waals surface area (Å²) >= 11 is 3.38. The van der Waals surface area contributed by atoms with Crippen molar-refractivity contribution in [1.82, 2.24) is 24.7 Å². The van der Waals surface area contributed by atoms with Crippen molar-refractivity contribution >= 4 is 21.6 Å². The van der Waals surface area contributed by atoms with Crippen LogP contribution in [0.3, 0.4) is 0 Å². The highest BCUT2D eigenvalue weighted by atomic mass is 79.9. The molecule has 0 atom stereocenters. The average Bonchev–Trinajstić information content (AvgIpc) is 2.83. The second-order valence-corrected chi connectivity index (χ2v) is 5.41. The molecule has 0 bridgehead atoms. The lowest BCUT2D eigenvalue weighted by molar-refractivity contribution is 0.671. The number of pyridine rings is 1. The summed E-state index contributed by atoms with van der Waals surface area (Å²) in [7, 11) is 0. The SMILES string of the molecule is Cc1ccncc1CNCc1cnc2cnc(Br)cn12. The minimum Gasteiger partial charge on any atom is -0.307 e. The van der Waals surface area contributed by atoms with E-state index in [0.29, 0.717) is 0 Å². The van der Waals surface area contributed by atoms with E-state index in [4.69, 9.17) is 0 Å². The van der Waals surface area contributed by atoms with Crippen molar-refractivity contribution in [3.05, 3.63) is 58.5 Å². The van der Waals surface area contributed by atoms with Gasteiger partial charge in [0.1, 0.15) is 4.60 Å². The molecule has 6 heteroatoms. The summed E-state index contributed by atoms with van der Waals surface area (Å²) in [5, 5.41) is 3.42. The van der Waals surface area contributed by atoms with E-state index in [1.165, 1.54) is 11.1 Å². The van der Waals surface area contributed by atoms with Crippen LogP contribution in [0.5, 0.6) is 0 Å². The molecule has 0 aromatic carbocycles. The number of fused-ring (bicyclic) bond motifs is 1. The fraction of sp³-hybridized carbons (Fsp3) is 0.214. The van der Waals surface area contributed by atoms with Gasteiger partial charge in [0.05, 0.1) is 18.1 Å². The smallest absolute Gasteiger partial charge is 0.155 e. The maximum absolute atomic E-state index is 4.33. The monoisotopic (exact) mass is 331 g/mol. The number of aryl methyl sites for hydroxylation is 1. The molecule has 0 unspecified atom stereocenters. The maximum Gasteiger partial charge on any atom is 0.155 e. The molecule has 1 N–H and O–H groups in total. The molecular weight excluding hydrogens is 318 g/mol. The standard InChI is InChI=1S/C14H14BrN5/c1-10-2-3-16-4-11(10)5-17-6-12-7-19-14-8-18-13(15)9-20(12)14/h2-4,7-9,17H,5-6H2,1H3. The zero-order chi connectivity index (χ0) is 13.9. The van der Waals surface area contributed by atoms with Gasteiger partial charge in [-0.25, -0.2) is 9.97 Å². The second kappa shape index (κ2) is 5.68. The van der Waals surface area contributed by atoms with Gasteiger partial charge in [0.15, 0.2) is 5.65 Å². The third-order valence-electron chi connectivity index (χ3n) is 3.21. The zero-order valence-electron chi connectivity index (χ0n) is 11.0. The number of nitrogens with one attached hydrogen (secondary N) is 1. The van der Waals surface area contributed by atoms with E-state index in [1.807, 2.05) is 35.3 Å². The predicted molar refractivity (Wildman–Crippen MR) is 80.2 cm³/mol. The maximum atomic E-state index is 4.33. The van der Waals surface area contributed by atoms with Crippen LogP contribution in [0.1, 0.15) is 16.8 Å². The lowest BCUT2D eigenvalue weighted by atomic mass is 10.1. The van der Waals surface area contributed by atoms with Crippen LogP contribution in [0.15, 0.2) is 41.7 Å². The van der Waals surface area contributed by atoms with Gasteiger partial charge in [0.2, 0.25) is 0 Å². The quantitative estimate of drug-likeness (QED) is 0.798. The summed E-state index contributed by atoms with van der Waals surface area (Å²) in [6, 6.07) is 2.02. The Balaban J connectivity index is 1.71. The third-order valence-corrected chi connectivity index (χ3v) is 3.62. The molecule has 3 aromatic heterocycles. The van der Waals surface area contributed by atoms with Crippen molar-refractivity contribution in [3.8, 4) is 0 Å². The summed E-state index contributed by atoms with van der Waals surface area (Å²) < 4.78 is 2.83. The van der Waals surface area contributed by atoms with Crippen LogP contribution >= 0.6 is 15.9 Å². The number of imidazole rings is 1. The molecule has 5 nitrogen and oxygen atoms in total. The van der Waals surface area contributed by atoms with Gasteiger partial charge in [-0.1, -0.05) is 0 Å². The third kappa shape index (κ3) is 2.71. The van der Waals surface area contributed by atoms with E-state index in [9.17, 15) is 0 Å². The molecule has 20 heavy (non-hydrogen) atoms. The van der Waals surface area contributed by atoms with Crippen LogP contribution in [0.25, 0.3) is 5.65 Å².